The van der Waals surface area contributed by atoms with Crippen molar-refractivity contribution in [3.63, 3.8) is 0 Å². The lowest BCUT2D eigenvalue weighted by Crippen LogP contribution is -2.49. The molecule has 0 saturated carbocycles. The van der Waals surface area contributed by atoms with Gasteiger partial charge in [-0.05, 0) is 61.8 Å². The molecule has 2 aliphatic heterocycles. The molecule has 1 aromatic heterocycles. The molecule has 0 radical (unpaired) electrons. The number of alkyl carbamates (subject to hydrolysis) is 1. The van der Waals surface area contributed by atoms with Gasteiger partial charge in [0.1, 0.15) is 11.6 Å². The summed E-state index contributed by atoms with van der Waals surface area (Å²) >= 11 is 0. The first-order valence-electron chi connectivity index (χ1n) is 11.4. The number of anilines is 1. The van der Waals surface area contributed by atoms with E-state index in [0.29, 0.717) is 19.0 Å². The molecule has 2 amide bonds. The summed E-state index contributed by atoms with van der Waals surface area (Å²) in [5.74, 6) is 0.330. The molecule has 33 heavy (non-hydrogen) atoms. The Morgan fingerprint density at radius 1 is 1.18 bits per heavy atom. The standard InChI is InChI=1S/C22H36BN5O5/c1-14(26-19(30)31-20(2,3)4)17(29)27-16-9-10-28(13-16)18-24-11-15(12-25-18)23-32-21(5,6)22(7,8)33-23/h11-12,14,16H,9-10,13H2,1-8H3,(H,26,30)(H,27,29)/t14-,16-/m0/s1. The van der Waals surface area contributed by atoms with Gasteiger partial charge in [-0.25, -0.2) is 14.8 Å². The van der Waals surface area contributed by atoms with Gasteiger partial charge >= 0.3 is 13.2 Å². The summed E-state index contributed by atoms with van der Waals surface area (Å²) in [6, 6.07) is -0.767. The summed E-state index contributed by atoms with van der Waals surface area (Å²) in [5, 5.41) is 5.54. The van der Waals surface area contributed by atoms with Crippen LogP contribution in [0.3, 0.4) is 0 Å². The minimum atomic E-state index is -0.704. The third-order valence-electron chi connectivity index (χ3n) is 6.13. The first-order valence-corrected chi connectivity index (χ1v) is 11.4. The molecule has 1 aromatic rings. The van der Waals surface area contributed by atoms with Crippen LogP contribution in [-0.4, -0.2) is 71.1 Å². The second-order valence-electron chi connectivity index (χ2n) is 10.7. The number of rotatable bonds is 5. The van der Waals surface area contributed by atoms with Crippen LogP contribution in [0.25, 0.3) is 0 Å². The minimum absolute atomic E-state index is 0.0632. The molecular weight excluding hydrogens is 425 g/mol. The number of hydrogen-bond acceptors (Lipinski definition) is 8. The molecule has 0 aliphatic carbocycles. The van der Waals surface area contributed by atoms with Crippen molar-refractivity contribution in [3.05, 3.63) is 12.4 Å². The van der Waals surface area contributed by atoms with Gasteiger partial charge < -0.3 is 29.6 Å². The van der Waals surface area contributed by atoms with Gasteiger partial charge in [0.2, 0.25) is 11.9 Å². The second kappa shape index (κ2) is 9.10. The Labute approximate surface area is 196 Å². The highest BCUT2D eigenvalue weighted by Crippen LogP contribution is 2.36. The fraction of sp³-hybridized carbons (Fsp3) is 0.727. The molecule has 0 aromatic carbocycles. The molecule has 3 rings (SSSR count). The average Bonchev–Trinajstić information content (AvgIpc) is 3.22. The first-order chi connectivity index (χ1) is 15.2. The second-order valence-corrected chi connectivity index (χ2v) is 10.7. The van der Waals surface area contributed by atoms with E-state index in [1.807, 2.05) is 32.6 Å². The largest absolute Gasteiger partial charge is 0.498 e. The van der Waals surface area contributed by atoms with Crippen molar-refractivity contribution in [1.29, 1.82) is 0 Å². The van der Waals surface area contributed by atoms with Gasteiger partial charge in [-0.2, -0.15) is 0 Å². The Balaban J connectivity index is 1.51. The Bertz CT molecular complexity index is 855. The predicted octanol–water partition coefficient (Wildman–Crippen LogP) is 1.38. The molecule has 2 N–H and O–H groups in total. The van der Waals surface area contributed by atoms with Gasteiger partial charge in [0.25, 0.3) is 0 Å². The Morgan fingerprint density at radius 2 is 1.76 bits per heavy atom. The maximum absolute atomic E-state index is 12.5. The number of hydrogen-bond donors (Lipinski definition) is 2. The Hall–Kier alpha value is -2.40. The van der Waals surface area contributed by atoms with Gasteiger partial charge in [0, 0.05) is 37.0 Å². The van der Waals surface area contributed by atoms with Crippen LogP contribution < -0.4 is 21.0 Å². The smallest absolute Gasteiger partial charge is 0.444 e. The van der Waals surface area contributed by atoms with Crippen molar-refractivity contribution in [2.45, 2.75) is 90.7 Å². The molecular formula is C22H36BN5O5. The molecule has 0 spiro atoms. The van der Waals surface area contributed by atoms with Gasteiger partial charge in [0.05, 0.1) is 11.2 Å². The lowest BCUT2D eigenvalue weighted by atomic mass is 9.81. The lowest BCUT2D eigenvalue weighted by Gasteiger charge is -2.32. The molecule has 0 unspecified atom stereocenters. The molecule has 3 heterocycles. The van der Waals surface area contributed by atoms with Crippen LogP contribution in [0.5, 0.6) is 0 Å². The fourth-order valence-corrected chi connectivity index (χ4v) is 3.53. The summed E-state index contributed by atoms with van der Waals surface area (Å²) in [7, 11) is -0.506. The quantitative estimate of drug-likeness (QED) is 0.633. The fourth-order valence-electron chi connectivity index (χ4n) is 3.53. The van der Waals surface area contributed by atoms with E-state index < -0.39 is 36.1 Å². The highest BCUT2D eigenvalue weighted by Gasteiger charge is 2.52. The number of nitrogens with one attached hydrogen (secondary N) is 2. The van der Waals surface area contributed by atoms with Crippen molar-refractivity contribution in [1.82, 2.24) is 20.6 Å². The molecule has 11 heteroatoms. The van der Waals surface area contributed by atoms with Crippen molar-refractivity contribution < 1.29 is 23.6 Å². The van der Waals surface area contributed by atoms with Crippen molar-refractivity contribution in [2.24, 2.45) is 0 Å². The van der Waals surface area contributed by atoms with Crippen LogP contribution in [0.1, 0.15) is 61.8 Å². The highest BCUT2D eigenvalue weighted by molar-refractivity contribution is 6.61. The molecule has 182 valence electrons. The highest BCUT2D eigenvalue weighted by atomic mass is 16.7. The summed E-state index contributed by atoms with van der Waals surface area (Å²) < 4.78 is 17.3. The zero-order chi connectivity index (χ0) is 24.6. The van der Waals surface area contributed by atoms with Gasteiger partial charge in [-0.1, -0.05) is 0 Å². The summed E-state index contributed by atoms with van der Waals surface area (Å²) in [4.78, 5) is 35.4. The number of ether oxygens (including phenoxy) is 1. The van der Waals surface area contributed by atoms with E-state index in [0.717, 1.165) is 11.9 Å². The van der Waals surface area contributed by atoms with Crippen LogP contribution in [0.2, 0.25) is 0 Å². The normalized spacial score (nSPS) is 22.7. The Morgan fingerprint density at radius 3 is 2.30 bits per heavy atom. The van der Waals surface area contributed by atoms with E-state index >= 15 is 0 Å². The molecule has 2 fully saturated rings. The predicted molar refractivity (Wildman–Crippen MR) is 125 cm³/mol. The summed E-state index contributed by atoms with van der Waals surface area (Å²) in [6.07, 6.45) is 3.59. The molecule has 2 atom stereocenters. The number of aromatic nitrogens is 2. The third kappa shape index (κ3) is 6.14. The van der Waals surface area contributed by atoms with Crippen molar-refractivity contribution >= 4 is 30.5 Å². The van der Waals surface area contributed by atoms with Gasteiger partial charge in [-0.15, -0.1) is 0 Å². The molecule has 0 bridgehead atoms. The maximum atomic E-state index is 12.5. The molecule has 2 saturated heterocycles. The van der Waals surface area contributed by atoms with E-state index in [4.69, 9.17) is 14.0 Å². The van der Waals surface area contributed by atoms with Crippen LogP contribution in [0.15, 0.2) is 12.4 Å². The molecule has 2 aliphatic rings. The SMILES string of the molecule is C[C@H](NC(=O)OC(C)(C)C)C(=O)N[C@H]1CCN(c2ncc(B3OC(C)(C)C(C)(C)O3)cn2)C1. The maximum Gasteiger partial charge on any atom is 0.498 e. The van der Waals surface area contributed by atoms with Crippen LogP contribution in [0, 0.1) is 0 Å². The van der Waals surface area contributed by atoms with E-state index in [2.05, 4.69) is 20.6 Å². The van der Waals surface area contributed by atoms with Crippen molar-refractivity contribution in [3.8, 4) is 0 Å². The van der Waals surface area contributed by atoms with Crippen LogP contribution in [0.4, 0.5) is 10.7 Å². The first kappa shape index (κ1) is 25.2. The van der Waals surface area contributed by atoms with E-state index in [9.17, 15) is 9.59 Å². The molecule has 10 nitrogen and oxygen atoms in total. The van der Waals surface area contributed by atoms with Crippen LogP contribution >= 0.6 is 0 Å². The van der Waals surface area contributed by atoms with Gasteiger partial charge in [0.15, 0.2) is 0 Å². The van der Waals surface area contributed by atoms with E-state index in [1.165, 1.54) is 0 Å². The average molecular weight is 461 g/mol. The third-order valence-corrected chi connectivity index (χ3v) is 6.13. The number of carbonyl (C=O) groups is 2. The Kier molecular flexibility index (Phi) is 6.96. The van der Waals surface area contributed by atoms with Gasteiger partial charge in [-0.3, -0.25) is 4.79 Å². The van der Waals surface area contributed by atoms with Crippen LogP contribution in [-0.2, 0) is 18.8 Å². The number of amides is 2. The lowest BCUT2D eigenvalue weighted by molar-refractivity contribution is -0.123. The summed E-state index contributed by atoms with van der Waals surface area (Å²) in [5.41, 5.74) is -0.703. The zero-order valence-electron chi connectivity index (χ0n) is 20.9. The van der Waals surface area contributed by atoms with E-state index in [-0.39, 0.29) is 11.9 Å². The van der Waals surface area contributed by atoms with Crippen molar-refractivity contribution in [2.75, 3.05) is 18.0 Å². The topological polar surface area (TPSA) is 115 Å². The number of nitrogens with zero attached hydrogens (tertiary/aromatic N) is 3. The summed E-state index contributed by atoms with van der Waals surface area (Å²) in [6.45, 7) is 16.3. The zero-order valence-corrected chi connectivity index (χ0v) is 20.9. The monoisotopic (exact) mass is 461 g/mol. The van der Waals surface area contributed by atoms with E-state index in [1.54, 1.807) is 40.1 Å². The minimum Gasteiger partial charge on any atom is -0.444 e. The number of carbonyl (C=O) groups excluding carboxylic acids is 2.